The molecule has 0 bridgehead atoms. The van der Waals surface area contributed by atoms with Crippen molar-refractivity contribution in [1.29, 1.82) is 0 Å². The van der Waals surface area contributed by atoms with E-state index in [1.807, 2.05) is 6.07 Å². The van der Waals surface area contributed by atoms with Crippen LogP contribution in [0, 0.1) is 5.82 Å². The standard InChI is InChI=1S/C15H13ClFNO2/c16-12-8-4-7-11(14(12)17)15(20)18-9-13(19)10-5-2-1-3-6-10/h1-8,13,19H,9H2,(H,18,20). The summed E-state index contributed by atoms with van der Waals surface area (Å²) in [6, 6.07) is 13.1. The summed E-state index contributed by atoms with van der Waals surface area (Å²) in [5.74, 6) is -1.37. The van der Waals surface area contributed by atoms with Crippen molar-refractivity contribution in [2.75, 3.05) is 6.54 Å². The summed E-state index contributed by atoms with van der Waals surface area (Å²) in [5.41, 5.74) is 0.539. The van der Waals surface area contributed by atoms with E-state index in [2.05, 4.69) is 5.32 Å². The Hall–Kier alpha value is -1.91. The van der Waals surface area contributed by atoms with Crippen molar-refractivity contribution in [2.24, 2.45) is 0 Å². The first-order valence-electron chi connectivity index (χ1n) is 6.05. The first-order chi connectivity index (χ1) is 9.59. The van der Waals surface area contributed by atoms with Crippen LogP contribution in [0.15, 0.2) is 48.5 Å². The molecule has 0 spiro atoms. The van der Waals surface area contributed by atoms with Crippen LogP contribution in [0.25, 0.3) is 0 Å². The minimum atomic E-state index is -0.845. The molecule has 0 aliphatic carbocycles. The smallest absolute Gasteiger partial charge is 0.254 e. The topological polar surface area (TPSA) is 49.3 Å². The predicted molar refractivity (Wildman–Crippen MR) is 75.1 cm³/mol. The quantitative estimate of drug-likeness (QED) is 0.910. The Kier molecular flexibility index (Phi) is 4.71. The lowest BCUT2D eigenvalue weighted by Crippen LogP contribution is -2.29. The number of hydrogen-bond acceptors (Lipinski definition) is 2. The Morgan fingerprint density at radius 1 is 1.20 bits per heavy atom. The van der Waals surface area contributed by atoms with Gasteiger partial charge in [-0.2, -0.15) is 0 Å². The average molecular weight is 294 g/mol. The number of nitrogens with one attached hydrogen (secondary N) is 1. The van der Waals surface area contributed by atoms with Gasteiger partial charge in [0.05, 0.1) is 16.7 Å². The average Bonchev–Trinajstić information content (AvgIpc) is 2.48. The van der Waals surface area contributed by atoms with E-state index in [9.17, 15) is 14.3 Å². The molecule has 0 aromatic heterocycles. The fourth-order valence-corrected chi connectivity index (χ4v) is 1.93. The van der Waals surface area contributed by atoms with Gasteiger partial charge in [0, 0.05) is 6.54 Å². The van der Waals surface area contributed by atoms with E-state index in [4.69, 9.17) is 11.6 Å². The van der Waals surface area contributed by atoms with Crippen LogP contribution in [0.3, 0.4) is 0 Å². The third kappa shape index (κ3) is 3.35. The van der Waals surface area contributed by atoms with Crippen LogP contribution < -0.4 is 5.32 Å². The lowest BCUT2D eigenvalue weighted by Gasteiger charge is -2.12. The highest BCUT2D eigenvalue weighted by Gasteiger charge is 2.15. The third-order valence-electron chi connectivity index (χ3n) is 2.84. The normalized spacial score (nSPS) is 11.9. The highest BCUT2D eigenvalue weighted by Crippen LogP contribution is 2.18. The van der Waals surface area contributed by atoms with Crippen LogP contribution in [0.4, 0.5) is 4.39 Å². The number of rotatable bonds is 4. The lowest BCUT2D eigenvalue weighted by atomic mass is 10.1. The van der Waals surface area contributed by atoms with Gasteiger partial charge in [-0.15, -0.1) is 0 Å². The molecule has 0 heterocycles. The van der Waals surface area contributed by atoms with Gasteiger partial charge in [0.2, 0.25) is 0 Å². The number of halogens is 2. The van der Waals surface area contributed by atoms with Gasteiger partial charge in [0.25, 0.3) is 5.91 Å². The number of benzene rings is 2. The zero-order valence-electron chi connectivity index (χ0n) is 10.5. The molecule has 0 saturated heterocycles. The van der Waals surface area contributed by atoms with Crippen LogP contribution in [0.2, 0.25) is 5.02 Å². The van der Waals surface area contributed by atoms with Gasteiger partial charge >= 0.3 is 0 Å². The second-order valence-corrected chi connectivity index (χ2v) is 4.65. The summed E-state index contributed by atoms with van der Waals surface area (Å²) in [7, 11) is 0. The maximum atomic E-state index is 13.6. The van der Waals surface area contributed by atoms with Gasteiger partial charge in [-0.1, -0.05) is 48.0 Å². The Balaban J connectivity index is 2.01. The van der Waals surface area contributed by atoms with Crippen molar-refractivity contribution in [3.63, 3.8) is 0 Å². The number of carbonyl (C=O) groups is 1. The molecule has 2 aromatic rings. The fraction of sp³-hybridized carbons (Fsp3) is 0.133. The van der Waals surface area contributed by atoms with Gasteiger partial charge < -0.3 is 10.4 Å². The molecule has 5 heteroatoms. The summed E-state index contributed by atoms with van der Waals surface area (Å²) in [5, 5.41) is 12.3. The van der Waals surface area contributed by atoms with Crippen LogP contribution in [0.5, 0.6) is 0 Å². The van der Waals surface area contributed by atoms with Gasteiger partial charge in [-0.3, -0.25) is 4.79 Å². The summed E-state index contributed by atoms with van der Waals surface area (Å²) in [4.78, 5) is 11.8. The molecule has 2 N–H and O–H groups in total. The zero-order chi connectivity index (χ0) is 14.5. The SMILES string of the molecule is O=C(NCC(O)c1ccccc1)c1cccc(Cl)c1F. The predicted octanol–water partition coefficient (Wildman–Crippen LogP) is 2.94. The van der Waals surface area contributed by atoms with Gasteiger partial charge in [-0.05, 0) is 17.7 Å². The van der Waals surface area contributed by atoms with Gasteiger partial charge in [0.1, 0.15) is 0 Å². The van der Waals surface area contributed by atoms with Crippen LogP contribution in [-0.2, 0) is 0 Å². The number of aliphatic hydroxyl groups is 1. The molecule has 2 aromatic carbocycles. The van der Waals surface area contributed by atoms with Crippen molar-refractivity contribution in [3.05, 3.63) is 70.5 Å². The maximum absolute atomic E-state index is 13.6. The van der Waals surface area contributed by atoms with Crippen molar-refractivity contribution >= 4 is 17.5 Å². The van der Waals surface area contributed by atoms with Crippen LogP contribution in [0.1, 0.15) is 22.0 Å². The molecular formula is C15H13ClFNO2. The molecule has 104 valence electrons. The minimum Gasteiger partial charge on any atom is -0.387 e. The summed E-state index contributed by atoms with van der Waals surface area (Å²) in [6.07, 6.45) is -0.845. The highest BCUT2D eigenvalue weighted by molar-refractivity contribution is 6.31. The number of hydrogen-bond donors (Lipinski definition) is 2. The Bertz CT molecular complexity index is 604. The number of aliphatic hydroxyl groups excluding tert-OH is 1. The summed E-state index contributed by atoms with van der Waals surface area (Å²) >= 11 is 5.61. The molecule has 1 atom stereocenters. The molecule has 1 amide bonds. The largest absolute Gasteiger partial charge is 0.387 e. The van der Waals surface area contributed by atoms with E-state index >= 15 is 0 Å². The lowest BCUT2D eigenvalue weighted by molar-refractivity contribution is 0.0912. The second kappa shape index (κ2) is 6.50. The van der Waals surface area contributed by atoms with Crippen molar-refractivity contribution in [2.45, 2.75) is 6.10 Å². The fourth-order valence-electron chi connectivity index (χ4n) is 1.76. The van der Waals surface area contributed by atoms with E-state index in [0.29, 0.717) is 5.56 Å². The van der Waals surface area contributed by atoms with Crippen LogP contribution in [-0.4, -0.2) is 17.6 Å². The van der Waals surface area contributed by atoms with Crippen LogP contribution >= 0.6 is 11.6 Å². The maximum Gasteiger partial charge on any atom is 0.254 e. The van der Waals surface area contributed by atoms with Gasteiger partial charge in [-0.25, -0.2) is 4.39 Å². The molecule has 0 fully saturated rings. The third-order valence-corrected chi connectivity index (χ3v) is 3.13. The molecular weight excluding hydrogens is 281 g/mol. The number of carbonyl (C=O) groups excluding carboxylic acids is 1. The Morgan fingerprint density at radius 3 is 2.60 bits per heavy atom. The Labute approximate surface area is 121 Å². The van der Waals surface area contributed by atoms with Crippen molar-refractivity contribution < 1.29 is 14.3 Å². The Morgan fingerprint density at radius 2 is 1.90 bits per heavy atom. The molecule has 2 rings (SSSR count). The molecule has 3 nitrogen and oxygen atoms in total. The molecule has 0 radical (unpaired) electrons. The van der Waals surface area contributed by atoms with Crippen molar-refractivity contribution in [3.8, 4) is 0 Å². The van der Waals surface area contributed by atoms with E-state index in [1.165, 1.54) is 18.2 Å². The van der Waals surface area contributed by atoms with E-state index < -0.39 is 17.8 Å². The first kappa shape index (κ1) is 14.5. The minimum absolute atomic E-state index is 0.00516. The highest BCUT2D eigenvalue weighted by atomic mass is 35.5. The molecule has 0 saturated carbocycles. The second-order valence-electron chi connectivity index (χ2n) is 4.24. The van der Waals surface area contributed by atoms with Gasteiger partial charge in [0.15, 0.2) is 5.82 Å². The van der Waals surface area contributed by atoms with Crippen molar-refractivity contribution in [1.82, 2.24) is 5.32 Å². The monoisotopic (exact) mass is 293 g/mol. The van der Waals surface area contributed by atoms with E-state index in [-0.39, 0.29) is 17.1 Å². The zero-order valence-corrected chi connectivity index (χ0v) is 11.3. The molecule has 0 aliphatic heterocycles. The molecule has 1 unspecified atom stereocenters. The first-order valence-corrected chi connectivity index (χ1v) is 6.42. The molecule has 0 aliphatic rings. The summed E-state index contributed by atoms with van der Waals surface area (Å²) < 4.78 is 13.6. The van der Waals surface area contributed by atoms with E-state index in [1.54, 1.807) is 24.3 Å². The summed E-state index contributed by atoms with van der Waals surface area (Å²) in [6.45, 7) is -0.00516. The van der Waals surface area contributed by atoms with E-state index in [0.717, 1.165) is 0 Å². The number of amides is 1. The molecule has 20 heavy (non-hydrogen) atoms.